The van der Waals surface area contributed by atoms with Crippen molar-refractivity contribution < 1.29 is 24.2 Å². The Bertz CT molecular complexity index is 501. The Hall–Kier alpha value is -1.63. The largest absolute Gasteiger partial charge is 0.479 e. The fourth-order valence-corrected chi connectivity index (χ4v) is 3.63. The predicted octanol–water partition coefficient (Wildman–Crippen LogP) is 1.02. The number of carboxylic acids is 1. The lowest BCUT2D eigenvalue weighted by Gasteiger charge is -2.33. The Kier molecular flexibility index (Phi) is 5.85. The van der Waals surface area contributed by atoms with Crippen molar-refractivity contribution in [3.63, 3.8) is 0 Å². The molecule has 2 amide bonds. The minimum Gasteiger partial charge on any atom is -0.479 e. The smallest absolute Gasteiger partial charge is 0.331 e. The zero-order valence-corrected chi connectivity index (χ0v) is 14.7. The van der Waals surface area contributed by atoms with E-state index in [1.54, 1.807) is 0 Å². The van der Waals surface area contributed by atoms with Crippen LogP contribution in [0.5, 0.6) is 0 Å². The van der Waals surface area contributed by atoms with Gasteiger partial charge in [0.15, 0.2) is 5.54 Å². The van der Waals surface area contributed by atoms with Gasteiger partial charge in [0.2, 0.25) is 11.8 Å². The Balaban J connectivity index is 1.97. The molecular formula is C17H28N2O5. The number of nitrogens with one attached hydrogen (secondary N) is 1. The monoisotopic (exact) mass is 340 g/mol. The highest BCUT2D eigenvalue weighted by Crippen LogP contribution is 2.31. The molecule has 1 heterocycles. The van der Waals surface area contributed by atoms with Gasteiger partial charge in [0, 0.05) is 26.1 Å². The summed E-state index contributed by atoms with van der Waals surface area (Å²) in [6.07, 6.45) is 4.34. The van der Waals surface area contributed by atoms with Crippen LogP contribution < -0.4 is 5.32 Å². The van der Waals surface area contributed by atoms with E-state index >= 15 is 0 Å². The first-order valence-corrected chi connectivity index (χ1v) is 8.60. The van der Waals surface area contributed by atoms with Crippen LogP contribution in [0.3, 0.4) is 0 Å². The van der Waals surface area contributed by atoms with Crippen LogP contribution in [0.1, 0.15) is 46.0 Å². The molecule has 7 heteroatoms. The van der Waals surface area contributed by atoms with Crippen molar-refractivity contribution in [3.8, 4) is 0 Å². The van der Waals surface area contributed by atoms with Gasteiger partial charge in [-0.15, -0.1) is 0 Å². The topological polar surface area (TPSA) is 95.9 Å². The number of nitrogens with zero attached hydrogens (tertiary/aromatic N) is 1. The lowest BCUT2D eigenvalue weighted by Crippen LogP contribution is -2.57. The second-order valence-electron chi connectivity index (χ2n) is 7.42. The van der Waals surface area contributed by atoms with Gasteiger partial charge in [-0.1, -0.05) is 6.92 Å². The van der Waals surface area contributed by atoms with Crippen molar-refractivity contribution in [2.45, 2.75) is 57.5 Å². The van der Waals surface area contributed by atoms with Crippen molar-refractivity contribution in [1.82, 2.24) is 10.2 Å². The van der Waals surface area contributed by atoms with Crippen LogP contribution in [0.4, 0.5) is 0 Å². The van der Waals surface area contributed by atoms with E-state index in [-0.39, 0.29) is 25.0 Å². The fourth-order valence-electron chi connectivity index (χ4n) is 3.63. The minimum atomic E-state index is -1.48. The third kappa shape index (κ3) is 4.06. The van der Waals surface area contributed by atoms with Crippen LogP contribution in [0.15, 0.2) is 0 Å². The molecule has 1 saturated heterocycles. The fraction of sp³-hybridized carbons (Fsp3) is 0.824. The van der Waals surface area contributed by atoms with Gasteiger partial charge in [-0.2, -0.15) is 0 Å². The summed E-state index contributed by atoms with van der Waals surface area (Å²) in [5.74, 6) is -1.34. The molecule has 2 fully saturated rings. The molecule has 1 aliphatic heterocycles. The number of carboxylic acid groups (broad SMARTS) is 1. The lowest BCUT2D eigenvalue weighted by molar-refractivity contribution is -0.149. The molecule has 2 N–H and O–H groups in total. The summed E-state index contributed by atoms with van der Waals surface area (Å²) in [4.78, 5) is 38.0. The molecule has 0 radical (unpaired) electrons. The van der Waals surface area contributed by atoms with Crippen LogP contribution in [0.2, 0.25) is 0 Å². The Morgan fingerprint density at radius 3 is 2.50 bits per heavy atom. The van der Waals surface area contributed by atoms with Crippen LogP contribution in [0.25, 0.3) is 0 Å². The molecule has 0 aromatic heterocycles. The van der Waals surface area contributed by atoms with E-state index in [4.69, 9.17) is 4.74 Å². The Morgan fingerprint density at radius 1 is 1.33 bits per heavy atom. The first-order valence-electron chi connectivity index (χ1n) is 8.60. The SMILES string of the molecule is COCC(C)(NC(=O)C1CC(=O)N(C2CCC(C)CC2)C1)C(=O)O. The van der Waals surface area contributed by atoms with Gasteiger partial charge >= 0.3 is 5.97 Å². The average molecular weight is 340 g/mol. The normalized spacial score (nSPS) is 30.0. The number of rotatable bonds is 6. The summed E-state index contributed by atoms with van der Waals surface area (Å²) in [7, 11) is 1.39. The van der Waals surface area contributed by atoms with E-state index < -0.39 is 23.3 Å². The van der Waals surface area contributed by atoms with E-state index in [0.717, 1.165) is 25.7 Å². The zero-order chi connectivity index (χ0) is 17.9. The second-order valence-corrected chi connectivity index (χ2v) is 7.42. The number of ether oxygens (including phenoxy) is 1. The number of hydrogen-bond donors (Lipinski definition) is 2. The summed E-state index contributed by atoms with van der Waals surface area (Å²) in [6.45, 7) is 3.89. The molecule has 0 bridgehead atoms. The standard InChI is InChI=1S/C17H28N2O5/c1-11-4-6-13(7-5-11)19-9-12(8-14(19)20)15(21)18-17(2,10-24-3)16(22)23/h11-13H,4-10H2,1-3H3,(H,18,21)(H,22,23). The van der Waals surface area contributed by atoms with Gasteiger partial charge < -0.3 is 20.1 Å². The molecule has 2 aliphatic rings. The summed E-state index contributed by atoms with van der Waals surface area (Å²) in [5, 5.41) is 11.9. The maximum atomic E-state index is 12.5. The molecular weight excluding hydrogens is 312 g/mol. The van der Waals surface area contributed by atoms with E-state index in [9.17, 15) is 19.5 Å². The summed E-state index contributed by atoms with van der Waals surface area (Å²) >= 11 is 0. The van der Waals surface area contributed by atoms with E-state index in [1.165, 1.54) is 14.0 Å². The molecule has 24 heavy (non-hydrogen) atoms. The maximum Gasteiger partial charge on any atom is 0.331 e. The van der Waals surface area contributed by atoms with Crippen LogP contribution >= 0.6 is 0 Å². The third-order valence-electron chi connectivity index (χ3n) is 5.26. The quantitative estimate of drug-likeness (QED) is 0.752. The van der Waals surface area contributed by atoms with Gasteiger partial charge in [0.1, 0.15) is 0 Å². The highest BCUT2D eigenvalue weighted by atomic mass is 16.5. The van der Waals surface area contributed by atoms with E-state index in [1.807, 2.05) is 4.90 Å². The summed E-state index contributed by atoms with van der Waals surface area (Å²) in [6, 6.07) is 0.219. The van der Waals surface area contributed by atoms with E-state index in [2.05, 4.69) is 12.2 Å². The van der Waals surface area contributed by atoms with Crippen molar-refractivity contribution in [2.75, 3.05) is 20.3 Å². The van der Waals surface area contributed by atoms with Gasteiger partial charge in [0.05, 0.1) is 12.5 Å². The number of likely N-dealkylation sites (tertiary alicyclic amines) is 1. The Morgan fingerprint density at radius 2 is 1.96 bits per heavy atom. The van der Waals surface area contributed by atoms with Crippen molar-refractivity contribution >= 4 is 17.8 Å². The predicted molar refractivity (Wildman–Crippen MR) is 87.3 cm³/mol. The lowest BCUT2D eigenvalue weighted by atomic mass is 9.86. The second kappa shape index (κ2) is 7.51. The highest BCUT2D eigenvalue weighted by Gasteiger charge is 2.42. The molecule has 1 saturated carbocycles. The highest BCUT2D eigenvalue weighted by molar-refractivity contribution is 5.92. The molecule has 0 spiro atoms. The van der Waals surface area contributed by atoms with Crippen molar-refractivity contribution in [3.05, 3.63) is 0 Å². The van der Waals surface area contributed by atoms with Gasteiger partial charge in [0.25, 0.3) is 0 Å². The average Bonchev–Trinajstić information content (AvgIpc) is 2.90. The number of carbonyl (C=O) groups excluding carboxylic acids is 2. The minimum absolute atomic E-state index is 0.00141. The summed E-state index contributed by atoms with van der Waals surface area (Å²) < 4.78 is 4.91. The Labute approximate surface area is 142 Å². The van der Waals surface area contributed by atoms with Gasteiger partial charge in [-0.3, -0.25) is 9.59 Å². The number of amides is 2. The van der Waals surface area contributed by atoms with Crippen molar-refractivity contribution in [2.24, 2.45) is 11.8 Å². The molecule has 7 nitrogen and oxygen atoms in total. The first kappa shape index (κ1) is 18.7. The number of carbonyl (C=O) groups is 3. The van der Waals surface area contributed by atoms with Gasteiger partial charge in [-0.25, -0.2) is 4.79 Å². The maximum absolute atomic E-state index is 12.5. The summed E-state index contributed by atoms with van der Waals surface area (Å²) in [5.41, 5.74) is -1.48. The molecule has 0 aromatic carbocycles. The molecule has 2 atom stereocenters. The third-order valence-corrected chi connectivity index (χ3v) is 5.26. The molecule has 0 aromatic rings. The number of hydrogen-bond acceptors (Lipinski definition) is 4. The van der Waals surface area contributed by atoms with Crippen LogP contribution in [-0.4, -0.2) is 59.6 Å². The zero-order valence-electron chi connectivity index (χ0n) is 14.7. The molecule has 136 valence electrons. The van der Waals surface area contributed by atoms with Crippen molar-refractivity contribution in [1.29, 1.82) is 0 Å². The van der Waals surface area contributed by atoms with Crippen LogP contribution in [0, 0.1) is 11.8 Å². The molecule has 2 rings (SSSR count). The molecule has 2 unspecified atom stereocenters. The van der Waals surface area contributed by atoms with E-state index in [0.29, 0.717) is 12.5 Å². The molecule has 1 aliphatic carbocycles. The van der Waals surface area contributed by atoms with Gasteiger partial charge in [-0.05, 0) is 38.5 Å². The van der Waals surface area contributed by atoms with Crippen LogP contribution in [-0.2, 0) is 19.1 Å². The number of aliphatic carboxylic acids is 1. The number of methoxy groups -OCH3 is 1. The first-order chi connectivity index (χ1) is 11.3.